The minimum Gasteiger partial charge on any atom is -0.396 e. The summed E-state index contributed by atoms with van der Waals surface area (Å²) in [6, 6.07) is 0.763. The highest BCUT2D eigenvalue weighted by Gasteiger charge is 2.24. The zero-order valence-corrected chi connectivity index (χ0v) is 8.29. The molecule has 0 saturated carbocycles. The molecular weight excluding hydrogens is 150 g/mol. The predicted octanol–water partition coefficient (Wildman–Crippen LogP) is 1.49. The second-order valence-corrected chi connectivity index (χ2v) is 4.12. The SMILES string of the molecule is CC1CC(C)N(CCCCO)C1. The molecule has 0 aromatic rings. The summed E-state index contributed by atoms with van der Waals surface area (Å²) in [7, 11) is 0. The van der Waals surface area contributed by atoms with Crippen molar-refractivity contribution in [3.8, 4) is 0 Å². The van der Waals surface area contributed by atoms with E-state index in [9.17, 15) is 0 Å². The Hall–Kier alpha value is -0.0800. The van der Waals surface area contributed by atoms with E-state index in [1.165, 1.54) is 19.5 Å². The second-order valence-electron chi connectivity index (χ2n) is 4.12. The molecule has 1 aliphatic heterocycles. The van der Waals surface area contributed by atoms with Crippen molar-refractivity contribution < 1.29 is 5.11 Å². The zero-order chi connectivity index (χ0) is 8.97. The monoisotopic (exact) mass is 171 g/mol. The van der Waals surface area contributed by atoms with Crippen LogP contribution >= 0.6 is 0 Å². The van der Waals surface area contributed by atoms with E-state index in [2.05, 4.69) is 18.7 Å². The lowest BCUT2D eigenvalue weighted by atomic mass is 10.1. The molecule has 0 amide bonds. The Morgan fingerprint density at radius 2 is 2.08 bits per heavy atom. The van der Waals surface area contributed by atoms with Crippen LogP contribution in [-0.4, -0.2) is 35.7 Å². The van der Waals surface area contributed by atoms with E-state index in [-0.39, 0.29) is 0 Å². The fourth-order valence-electron chi connectivity index (χ4n) is 2.12. The predicted molar refractivity (Wildman–Crippen MR) is 51.1 cm³/mol. The van der Waals surface area contributed by atoms with Gasteiger partial charge in [-0.2, -0.15) is 0 Å². The van der Waals surface area contributed by atoms with Gasteiger partial charge in [0.1, 0.15) is 0 Å². The van der Waals surface area contributed by atoms with Crippen LogP contribution in [0.3, 0.4) is 0 Å². The number of rotatable bonds is 4. The minimum absolute atomic E-state index is 0.345. The summed E-state index contributed by atoms with van der Waals surface area (Å²) in [4.78, 5) is 2.54. The van der Waals surface area contributed by atoms with Crippen LogP contribution in [0.5, 0.6) is 0 Å². The maximum atomic E-state index is 8.64. The first-order chi connectivity index (χ1) is 5.74. The highest BCUT2D eigenvalue weighted by atomic mass is 16.2. The Bertz CT molecular complexity index is 127. The molecule has 12 heavy (non-hydrogen) atoms. The Morgan fingerprint density at radius 3 is 2.58 bits per heavy atom. The second kappa shape index (κ2) is 4.83. The number of unbranched alkanes of at least 4 members (excludes halogenated alkanes) is 1. The van der Waals surface area contributed by atoms with Crippen molar-refractivity contribution in [2.75, 3.05) is 19.7 Å². The van der Waals surface area contributed by atoms with Crippen LogP contribution in [0, 0.1) is 5.92 Å². The van der Waals surface area contributed by atoms with Crippen molar-refractivity contribution in [3.05, 3.63) is 0 Å². The molecule has 0 radical (unpaired) electrons. The lowest BCUT2D eigenvalue weighted by Crippen LogP contribution is -2.28. The van der Waals surface area contributed by atoms with Gasteiger partial charge in [0.2, 0.25) is 0 Å². The topological polar surface area (TPSA) is 23.5 Å². The lowest BCUT2D eigenvalue weighted by Gasteiger charge is -2.20. The molecule has 1 N–H and O–H groups in total. The van der Waals surface area contributed by atoms with Crippen LogP contribution < -0.4 is 0 Å². The molecule has 0 bridgehead atoms. The number of aliphatic hydroxyl groups excluding tert-OH is 1. The van der Waals surface area contributed by atoms with Crippen molar-refractivity contribution >= 4 is 0 Å². The summed E-state index contributed by atoms with van der Waals surface area (Å²) < 4.78 is 0. The molecule has 2 atom stereocenters. The van der Waals surface area contributed by atoms with Gasteiger partial charge in [-0.1, -0.05) is 6.92 Å². The first kappa shape index (κ1) is 10.0. The van der Waals surface area contributed by atoms with Gasteiger partial charge in [0.15, 0.2) is 0 Å². The minimum atomic E-state index is 0.345. The molecule has 1 fully saturated rings. The molecular formula is C10H21NO. The van der Waals surface area contributed by atoms with Gasteiger partial charge >= 0.3 is 0 Å². The molecule has 2 heteroatoms. The largest absolute Gasteiger partial charge is 0.396 e. The summed E-state index contributed by atoms with van der Waals surface area (Å²) in [6.07, 6.45) is 3.45. The number of nitrogens with zero attached hydrogens (tertiary/aromatic N) is 1. The number of aliphatic hydroxyl groups is 1. The van der Waals surface area contributed by atoms with Gasteiger partial charge in [-0.25, -0.2) is 0 Å². The first-order valence-electron chi connectivity index (χ1n) is 5.09. The zero-order valence-electron chi connectivity index (χ0n) is 8.29. The van der Waals surface area contributed by atoms with Crippen LogP contribution in [0.15, 0.2) is 0 Å². The number of hydrogen-bond acceptors (Lipinski definition) is 2. The normalized spacial score (nSPS) is 31.2. The summed E-state index contributed by atoms with van der Waals surface area (Å²) in [5, 5.41) is 8.64. The van der Waals surface area contributed by atoms with Crippen LogP contribution in [-0.2, 0) is 0 Å². The van der Waals surface area contributed by atoms with Gasteiger partial charge < -0.3 is 10.0 Å². The van der Waals surface area contributed by atoms with Crippen LogP contribution in [0.2, 0.25) is 0 Å². The molecule has 72 valence electrons. The third kappa shape index (κ3) is 2.76. The third-order valence-corrected chi connectivity index (χ3v) is 2.77. The van der Waals surface area contributed by atoms with Gasteiger partial charge in [0, 0.05) is 19.2 Å². The highest BCUT2D eigenvalue weighted by Crippen LogP contribution is 2.22. The Labute approximate surface area is 75.6 Å². The molecule has 1 heterocycles. The maximum Gasteiger partial charge on any atom is 0.0431 e. The van der Waals surface area contributed by atoms with Crippen molar-refractivity contribution in [3.63, 3.8) is 0 Å². The van der Waals surface area contributed by atoms with E-state index in [1.54, 1.807) is 0 Å². The van der Waals surface area contributed by atoms with Gasteiger partial charge in [-0.3, -0.25) is 0 Å². The Morgan fingerprint density at radius 1 is 1.33 bits per heavy atom. The van der Waals surface area contributed by atoms with Crippen LogP contribution in [0.4, 0.5) is 0 Å². The highest BCUT2D eigenvalue weighted by molar-refractivity contribution is 4.79. The molecule has 1 rings (SSSR count). The molecule has 0 aromatic carbocycles. The summed E-state index contributed by atoms with van der Waals surface area (Å²) in [6.45, 7) is 7.40. The Balaban J connectivity index is 2.15. The van der Waals surface area contributed by atoms with Crippen molar-refractivity contribution in [1.82, 2.24) is 4.90 Å². The first-order valence-corrected chi connectivity index (χ1v) is 5.09. The third-order valence-electron chi connectivity index (χ3n) is 2.77. The van der Waals surface area contributed by atoms with E-state index >= 15 is 0 Å². The summed E-state index contributed by atoms with van der Waals surface area (Å²) in [5.41, 5.74) is 0. The molecule has 0 aliphatic carbocycles. The van der Waals surface area contributed by atoms with E-state index in [1.807, 2.05) is 0 Å². The van der Waals surface area contributed by atoms with E-state index in [0.29, 0.717) is 6.61 Å². The van der Waals surface area contributed by atoms with Gasteiger partial charge in [-0.15, -0.1) is 0 Å². The maximum absolute atomic E-state index is 8.64. The van der Waals surface area contributed by atoms with Crippen molar-refractivity contribution in [1.29, 1.82) is 0 Å². The standard InChI is InChI=1S/C10H21NO/c1-9-7-10(2)11(8-9)5-3-4-6-12/h9-10,12H,3-8H2,1-2H3. The number of hydrogen-bond donors (Lipinski definition) is 1. The van der Waals surface area contributed by atoms with Crippen LogP contribution in [0.1, 0.15) is 33.1 Å². The fraction of sp³-hybridized carbons (Fsp3) is 1.00. The molecule has 1 saturated heterocycles. The van der Waals surface area contributed by atoms with Crippen molar-refractivity contribution in [2.45, 2.75) is 39.2 Å². The average Bonchev–Trinajstić information content (AvgIpc) is 2.31. The molecule has 1 aliphatic rings. The Kier molecular flexibility index (Phi) is 4.02. The molecule has 2 nitrogen and oxygen atoms in total. The van der Waals surface area contributed by atoms with Crippen LogP contribution in [0.25, 0.3) is 0 Å². The van der Waals surface area contributed by atoms with Gasteiger partial charge in [0.05, 0.1) is 0 Å². The fourth-order valence-corrected chi connectivity index (χ4v) is 2.12. The molecule has 2 unspecified atom stereocenters. The molecule has 0 aromatic heterocycles. The molecule has 0 spiro atoms. The summed E-state index contributed by atoms with van der Waals surface area (Å²) in [5.74, 6) is 0.870. The smallest absolute Gasteiger partial charge is 0.0431 e. The van der Waals surface area contributed by atoms with E-state index < -0.39 is 0 Å². The van der Waals surface area contributed by atoms with E-state index in [4.69, 9.17) is 5.11 Å². The quantitative estimate of drug-likeness (QED) is 0.648. The average molecular weight is 171 g/mol. The number of likely N-dealkylation sites (tertiary alicyclic amines) is 1. The van der Waals surface area contributed by atoms with Gasteiger partial charge in [-0.05, 0) is 38.6 Å². The summed E-state index contributed by atoms with van der Waals surface area (Å²) >= 11 is 0. The lowest BCUT2D eigenvalue weighted by molar-refractivity contribution is 0.235. The van der Waals surface area contributed by atoms with Gasteiger partial charge in [0.25, 0.3) is 0 Å². The van der Waals surface area contributed by atoms with E-state index in [0.717, 1.165) is 24.8 Å². The van der Waals surface area contributed by atoms with Crippen molar-refractivity contribution in [2.24, 2.45) is 5.92 Å².